The average molecular weight is 383 g/mol. The van der Waals surface area contributed by atoms with Crippen LogP contribution in [0.4, 0.5) is 0 Å². The molecule has 0 aromatic carbocycles. The van der Waals surface area contributed by atoms with Crippen molar-refractivity contribution in [2.75, 3.05) is 26.7 Å². The summed E-state index contributed by atoms with van der Waals surface area (Å²) in [6.07, 6.45) is -0.0443. The van der Waals surface area contributed by atoms with E-state index in [4.69, 9.17) is 4.74 Å². The van der Waals surface area contributed by atoms with Gasteiger partial charge in [-0.25, -0.2) is 0 Å². The van der Waals surface area contributed by atoms with Crippen LogP contribution in [0.15, 0.2) is 16.8 Å². The molecule has 1 rings (SSSR count). The molecule has 0 aliphatic rings. The fraction of sp³-hybridized carbons (Fsp3) is 0.529. The Morgan fingerprint density at radius 2 is 1.92 bits per heavy atom. The van der Waals surface area contributed by atoms with Gasteiger partial charge in [-0.05, 0) is 32.2 Å². The lowest BCUT2D eigenvalue weighted by Crippen LogP contribution is -2.46. The molecule has 9 heteroatoms. The normalized spacial score (nSPS) is 10.8. The Kier molecular flexibility index (Phi) is 8.24. The maximum absolute atomic E-state index is 11.9. The second-order valence-electron chi connectivity index (χ2n) is 6.73. The third kappa shape index (κ3) is 8.61. The SMILES string of the molecule is CN(CC(=O)NC(C)(C)C)C(=O)COC(=O)CCNC(=O)c1ccsc1. The fourth-order valence-corrected chi connectivity index (χ4v) is 2.50. The zero-order valence-corrected chi connectivity index (χ0v) is 16.3. The van der Waals surface area contributed by atoms with E-state index in [-0.39, 0.29) is 36.9 Å². The Labute approximate surface area is 156 Å². The lowest BCUT2D eigenvalue weighted by Gasteiger charge is -2.23. The molecule has 0 spiro atoms. The topological polar surface area (TPSA) is 105 Å². The highest BCUT2D eigenvalue weighted by Gasteiger charge is 2.18. The summed E-state index contributed by atoms with van der Waals surface area (Å²) in [6, 6.07) is 1.68. The van der Waals surface area contributed by atoms with Gasteiger partial charge in [-0.1, -0.05) is 0 Å². The number of thiophene rings is 1. The van der Waals surface area contributed by atoms with E-state index in [0.717, 1.165) is 0 Å². The second kappa shape index (κ2) is 9.91. The van der Waals surface area contributed by atoms with Crippen LogP contribution in [0.1, 0.15) is 37.6 Å². The average Bonchev–Trinajstić information content (AvgIpc) is 3.04. The fourth-order valence-electron chi connectivity index (χ4n) is 1.86. The summed E-state index contributed by atoms with van der Waals surface area (Å²) in [7, 11) is 1.46. The van der Waals surface area contributed by atoms with E-state index in [1.54, 1.807) is 16.8 Å². The molecule has 3 amide bonds. The Bertz CT molecular complexity index is 637. The highest BCUT2D eigenvalue weighted by molar-refractivity contribution is 7.08. The molecule has 144 valence electrons. The van der Waals surface area contributed by atoms with Crippen molar-refractivity contribution in [2.45, 2.75) is 32.7 Å². The summed E-state index contributed by atoms with van der Waals surface area (Å²) < 4.78 is 4.87. The summed E-state index contributed by atoms with van der Waals surface area (Å²) in [6.45, 7) is 5.06. The molecule has 26 heavy (non-hydrogen) atoms. The van der Waals surface area contributed by atoms with Crippen LogP contribution < -0.4 is 10.6 Å². The predicted molar refractivity (Wildman–Crippen MR) is 97.8 cm³/mol. The summed E-state index contributed by atoms with van der Waals surface area (Å²) in [5.41, 5.74) is 0.148. The monoisotopic (exact) mass is 383 g/mol. The molecular weight excluding hydrogens is 358 g/mol. The maximum Gasteiger partial charge on any atom is 0.308 e. The number of likely N-dealkylation sites (N-methyl/N-ethyl adjacent to an activating group) is 1. The van der Waals surface area contributed by atoms with E-state index in [9.17, 15) is 19.2 Å². The minimum atomic E-state index is -0.600. The molecule has 0 aliphatic carbocycles. The molecule has 0 atom stereocenters. The van der Waals surface area contributed by atoms with E-state index in [0.29, 0.717) is 5.56 Å². The van der Waals surface area contributed by atoms with Crippen molar-refractivity contribution in [2.24, 2.45) is 0 Å². The number of carbonyl (C=O) groups excluding carboxylic acids is 4. The molecule has 0 fully saturated rings. The van der Waals surface area contributed by atoms with E-state index in [1.165, 1.54) is 23.3 Å². The molecule has 0 saturated carbocycles. The summed E-state index contributed by atoms with van der Waals surface area (Å²) in [5, 5.41) is 8.82. The van der Waals surface area contributed by atoms with Crippen molar-refractivity contribution in [1.82, 2.24) is 15.5 Å². The van der Waals surface area contributed by atoms with Gasteiger partial charge in [0.05, 0.1) is 13.0 Å². The van der Waals surface area contributed by atoms with Crippen LogP contribution >= 0.6 is 11.3 Å². The highest BCUT2D eigenvalue weighted by Crippen LogP contribution is 2.05. The molecule has 0 saturated heterocycles. The molecule has 1 aromatic heterocycles. The zero-order valence-electron chi connectivity index (χ0n) is 15.5. The van der Waals surface area contributed by atoms with Crippen molar-refractivity contribution >= 4 is 35.0 Å². The third-order valence-corrected chi connectivity index (χ3v) is 3.76. The molecular formula is C17H25N3O5S. The van der Waals surface area contributed by atoms with Crippen LogP contribution in [0.25, 0.3) is 0 Å². The van der Waals surface area contributed by atoms with Crippen LogP contribution in [0, 0.1) is 0 Å². The number of hydrogen-bond donors (Lipinski definition) is 2. The van der Waals surface area contributed by atoms with Gasteiger partial charge in [-0.3, -0.25) is 19.2 Å². The molecule has 8 nitrogen and oxygen atoms in total. The lowest BCUT2D eigenvalue weighted by atomic mass is 10.1. The van der Waals surface area contributed by atoms with Gasteiger partial charge in [0.15, 0.2) is 6.61 Å². The van der Waals surface area contributed by atoms with Gasteiger partial charge in [-0.15, -0.1) is 0 Å². The van der Waals surface area contributed by atoms with E-state index in [2.05, 4.69) is 10.6 Å². The standard InChI is InChI=1S/C17H25N3O5S/c1-17(2,3)19-13(21)9-20(4)14(22)10-25-15(23)5-7-18-16(24)12-6-8-26-11-12/h6,8,11H,5,7,9-10H2,1-4H3,(H,18,24)(H,19,21). The molecule has 1 aromatic rings. The van der Waals surface area contributed by atoms with Gasteiger partial charge in [-0.2, -0.15) is 11.3 Å². The van der Waals surface area contributed by atoms with Crippen LogP contribution in [-0.2, 0) is 19.1 Å². The zero-order chi connectivity index (χ0) is 19.7. The first kappa shape index (κ1) is 21.6. The van der Waals surface area contributed by atoms with E-state index < -0.39 is 18.5 Å². The van der Waals surface area contributed by atoms with E-state index in [1.807, 2.05) is 20.8 Å². The first-order chi connectivity index (χ1) is 12.1. The van der Waals surface area contributed by atoms with E-state index >= 15 is 0 Å². The van der Waals surface area contributed by atoms with Crippen molar-refractivity contribution in [1.29, 1.82) is 0 Å². The van der Waals surface area contributed by atoms with Gasteiger partial charge in [0.25, 0.3) is 11.8 Å². The molecule has 1 heterocycles. The Morgan fingerprint density at radius 1 is 1.23 bits per heavy atom. The maximum atomic E-state index is 11.9. The van der Waals surface area contributed by atoms with Crippen LogP contribution in [0.3, 0.4) is 0 Å². The quantitative estimate of drug-likeness (QED) is 0.646. The second-order valence-corrected chi connectivity index (χ2v) is 7.51. The van der Waals surface area contributed by atoms with Crippen molar-refractivity contribution in [3.8, 4) is 0 Å². The lowest BCUT2D eigenvalue weighted by molar-refractivity contribution is -0.151. The Hall–Kier alpha value is -2.42. The van der Waals surface area contributed by atoms with Gasteiger partial charge in [0, 0.05) is 30.1 Å². The number of rotatable bonds is 8. The molecule has 0 bridgehead atoms. The Balaban J connectivity index is 2.23. The third-order valence-electron chi connectivity index (χ3n) is 3.08. The van der Waals surface area contributed by atoms with Crippen LogP contribution in [-0.4, -0.2) is 60.9 Å². The smallest absolute Gasteiger partial charge is 0.308 e. The Morgan fingerprint density at radius 3 is 2.50 bits per heavy atom. The predicted octanol–water partition coefficient (Wildman–Crippen LogP) is 0.784. The number of esters is 1. The molecule has 0 radical (unpaired) electrons. The van der Waals surface area contributed by atoms with Crippen LogP contribution in [0.2, 0.25) is 0 Å². The molecule has 0 unspecified atom stereocenters. The largest absolute Gasteiger partial charge is 0.456 e. The van der Waals surface area contributed by atoms with Gasteiger partial charge in [0.1, 0.15) is 0 Å². The van der Waals surface area contributed by atoms with Crippen molar-refractivity contribution in [3.05, 3.63) is 22.4 Å². The first-order valence-electron chi connectivity index (χ1n) is 8.09. The van der Waals surface area contributed by atoms with Crippen LogP contribution in [0.5, 0.6) is 0 Å². The number of ether oxygens (including phenoxy) is 1. The number of nitrogens with one attached hydrogen (secondary N) is 2. The summed E-state index contributed by atoms with van der Waals surface area (Å²) in [4.78, 5) is 48.2. The minimum Gasteiger partial charge on any atom is -0.456 e. The number of hydrogen-bond acceptors (Lipinski definition) is 6. The van der Waals surface area contributed by atoms with Crippen molar-refractivity contribution in [3.63, 3.8) is 0 Å². The number of nitrogens with zero attached hydrogens (tertiary/aromatic N) is 1. The first-order valence-corrected chi connectivity index (χ1v) is 9.04. The van der Waals surface area contributed by atoms with Crippen molar-refractivity contribution < 1.29 is 23.9 Å². The van der Waals surface area contributed by atoms with Gasteiger partial charge < -0.3 is 20.3 Å². The highest BCUT2D eigenvalue weighted by atomic mass is 32.1. The summed E-state index contributed by atoms with van der Waals surface area (Å²) in [5.74, 6) is -1.64. The number of amides is 3. The minimum absolute atomic E-state index is 0.0443. The summed E-state index contributed by atoms with van der Waals surface area (Å²) >= 11 is 1.41. The molecule has 2 N–H and O–H groups in total. The number of carbonyl (C=O) groups is 4. The molecule has 0 aliphatic heterocycles. The van der Waals surface area contributed by atoms with Gasteiger partial charge >= 0.3 is 5.97 Å². The van der Waals surface area contributed by atoms with Gasteiger partial charge in [0.2, 0.25) is 5.91 Å².